The predicted octanol–water partition coefficient (Wildman–Crippen LogP) is 3.80. The largest absolute Gasteiger partial charge is 0.334 e. The van der Waals surface area contributed by atoms with Crippen molar-refractivity contribution in [2.24, 2.45) is 7.05 Å². The van der Waals surface area contributed by atoms with Crippen LogP contribution in [0.25, 0.3) is 10.1 Å². The first kappa shape index (κ1) is 14.0. The Morgan fingerprint density at radius 2 is 2.09 bits per heavy atom. The summed E-state index contributed by atoms with van der Waals surface area (Å²) in [7, 11) is 2.16. The van der Waals surface area contributed by atoms with Crippen LogP contribution in [0.15, 0.2) is 29.6 Å². The van der Waals surface area contributed by atoms with Gasteiger partial charge in [0.1, 0.15) is 5.82 Å². The van der Waals surface area contributed by atoms with Crippen LogP contribution < -0.4 is 5.32 Å². The van der Waals surface area contributed by atoms with Crippen LogP contribution in [-0.2, 0) is 33.0 Å². The molecule has 0 saturated heterocycles. The van der Waals surface area contributed by atoms with E-state index in [-0.39, 0.29) is 0 Å². The van der Waals surface area contributed by atoms with Gasteiger partial charge in [0, 0.05) is 24.0 Å². The molecule has 114 valence electrons. The monoisotopic (exact) mass is 311 g/mol. The van der Waals surface area contributed by atoms with Crippen molar-refractivity contribution in [2.75, 3.05) is 0 Å². The summed E-state index contributed by atoms with van der Waals surface area (Å²) < 4.78 is 3.66. The number of thiophene rings is 1. The zero-order valence-corrected chi connectivity index (χ0v) is 13.7. The Balaban J connectivity index is 1.43. The van der Waals surface area contributed by atoms with Crippen molar-refractivity contribution in [3.05, 3.63) is 52.4 Å². The van der Waals surface area contributed by atoms with Crippen LogP contribution in [0.1, 0.15) is 35.6 Å². The molecule has 2 aromatic heterocycles. The molecule has 0 bridgehead atoms. The highest BCUT2D eigenvalue weighted by Gasteiger charge is 2.17. The molecule has 1 aliphatic carbocycles. The number of aromatic nitrogens is 2. The summed E-state index contributed by atoms with van der Waals surface area (Å²) in [5.41, 5.74) is 4.11. The molecule has 1 aromatic carbocycles. The SMILES string of the molecule is Cn1c(CNCc2ccc3sccc3c2)nc2c1CCCC2. The van der Waals surface area contributed by atoms with E-state index in [0.29, 0.717) is 0 Å². The van der Waals surface area contributed by atoms with Gasteiger partial charge in [-0.25, -0.2) is 4.98 Å². The number of aryl methyl sites for hydroxylation is 1. The molecule has 3 nitrogen and oxygen atoms in total. The lowest BCUT2D eigenvalue weighted by Gasteiger charge is -2.11. The van der Waals surface area contributed by atoms with Crippen LogP contribution in [0.3, 0.4) is 0 Å². The summed E-state index contributed by atoms with van der Waals surface area (Å²) >= 11 is 1.80. The van der Waals surface area contributed by atoms with Gasteiger partial charge in [-0.2, -0.15) is 0 Å². The average Bonchev–Trinajstić information content (AvgIpc) is 3.12. The van der Waals surface area contributed by atoms with Gasteiger partial charge in [-0.1, -0.05) is 6.07 Å². The number of hydrogen-bond donors (Lipinski definition) is 1. The number of nitrogens with one attached hydrogen (secondary N) is 1. The molecule has 0 aliphatic heterocycles. The number of fused-ring (bicyclic) bond motifs is 2. The van der Waals surface area contributed by atoms with E-state index >= 15 is 0 Å². The average molecular weight is 311 g/mol. The highest BCUT2D eigenvalue weighted by atomic mass is 32.1. The molecule has 0 amide bonds. The molecule has 4 rings (SSSR count). The minimum absolute atomic E-state index is 0.838. The normalized spacial score (nSPS) is 14.4. The van der Waals surface area contributed by atoms with Crippen molar-refractivity contribution in [3.8, 4) is 0 Å². The van der Waals surface area contributed by atoms with Gasteiger partial charge in [0.2, 0.25) is 0 Å². The van der Waals surface area contributed by atoms with Crippen LogP contribution in [0.2, 0.25) is 0 Å². The maximum absolute atomic E-state index is 4.83. The second-order valence-corrected chi connectivity index (χ2v) is 7.03. The molecular weight excluding hydrogens is 290 g/mol. The Kier molecular flexibility index (Phi) is 3.72. The third kappa shape index (κ3) is 2.57. The van der Waals surface area contributed by atoms with Gasteiger partial charge in [-0.3, -0.25) is 0 Å². The summed E-state index contributed by atoms with van der Waals surface area (Å²) in [6.07, 6.45) is 4.93. The second kappa shape index (κ2) is 5.86. The summed E-state index contributed by atoms with van der Waals surface area (Å²) in [4.78, 5) is 4.83. The fourth-order valence-corrected chi connectivity index (χ4v) is 4.12. The fourth-order valence-electron chi connectivity index (χ4n) is 3.34. The van der Waals surface area contributed by atoms with Gasteiger partial charge in [-0.05, 0) is 60.2 Å². The minimum Gasteiger partial charge on any atom is -0.334 e. The predicted molar refractivity (Wildman–Crippen MR) is 92.2 cm³/mol. The maximum atomic E-state index is 4.83. The van der Waals surface area contributed by atoms with Gasteiger partial charge in [0.05, 0.1) is 12.2 Å². The van der Waals surface area contributed by atoms with Crippen molar-refractivity contribution in [1.29, 1.82) is 0 Å². The highest BCUT2D eigenvalue weighted by Crippen LogP contribution is 2.22. The lowest BCUT2D eigenvalue weighted by molar-refractivity contribution is 0.618. The van der Waals surface area contributed by atoms with Crippen molar-refractivity contribution in [3.63, 3.8) is 0 Å². The van der Waals surface area contributed by atoms with Gasteiger partial charge in [0.25, 0.3) is 0 Å². The Hall–Kier alpha value is -1.65. The Morgan fingerprint density at radius 1 is 1.18 bits per heavy atom. The molecule has 1 N–H and O–H groups in total. The Labute approximate surface area is 135 Å². The van der Waals surface area contributed by atoms with Gasteiger partial charge < -0.3 is 9.88 Å². The molecule has 2 heterocycles. The maximum Gasteiger partial charge on any atom is 0.122 e. The standard InChI is InChI=1S/C18H21N3S/c1-21-16-5-3-2-4-15(16)20-18(21)12-19-11-13-6-7-17-14(10-13)8-9-22-17/h6-10,19H,2-5,11-12H2,1H3. The Morgan fingerprint density at radius 3 is 3.00 bits per heavy atom. The molecule has 4 heteroatoms. The van der Waals surface area contributed by atoms with E-state index in [9.17, 15) is 0 Å². The molecular formula is C18H21N3S. The summed E-state index contributed by atoms with van der Waals surface area (Å²) in [5.74, 6) is 1.17. The van der Waals surface area contributed by atoms with E-state index in [1.165, 1.54) is 52.1 Å². The first-order chi connectivity index (χ1) is 10.8. The summed E-state index contributed by atoms with van der Waals surface area (Å²) in [6, 6.07) is 8.91. The van der Waals surface area contributed by atoms with Crippen LogP contribution in [0.5, 0.6) is 0 Å². The quantitative estimate of drug-likeness (QED) is 0.794. The lowest BCUT2D eigenvalue weighted by atomic mass is 10.0. The van der Waals surface area contributed by atoms with Crippen LogP contribution in [0, 0.1) is 0 Å². The number of nitrogens with zero attached hydrogens (tertiary/aromatic N) is 2. The second-order valence-electron chi connectivity index (χ2n) is 6.08. The molecule has 0 saturated carbocycles. The molecule has 0 spiro atoms. The van der Waals surface area contributed by atoms with Gasteiger partial charge in [0.15, 0.2) is 0 Å². The molecule has 0 unspecified atom stereocenters. The Bertz CT molecular complexity index is 800. The van der Waals surface area contributed by atoms with E-state index in [0.717, 1.165) is 19.5 Å². The number of benzene rings is 1. The molecule has 0 atom stereocenters. The first-order valence-electron chi connectivity index (χ1n) is 8.01. The van der Waals surface area contributed by atoms with Gasteiger partial charge in [-0.15, -0.1) is 11.3 Å². The molecule has 22 heavy (non-hydrogen) atoms. The molecule has 3 aromatic rings. The number of rotatable bonds is 4. The topological polar surface area (TPSA) is 29.9 Å². The van der Waals surface area contributed by atoms with Crippen LogP contribution in [-0.4, -0.2) is 9.55 Å². The van der Waals surface area contributed by atoms with Crippen molar-refractivity contribution in [2.45, 2.75) is 38.8 Å². The third-order valence-corrected chi connectivity index (χ3v) is 5.49. The molecule has 1 aliphatic rings. The number of imidazole rings is 1. The smallest absolute Gasteiger partial charge is 0.122 e. The lowest BCUT2D eigenvalue weighted by Crippen LogP contribution is -2.16. The third-order valence-electron chi connectivity index (χ3n) is 4.60. The van der Waals surface area contributed by atoms with Crippen LogP contribution in [0.4, 0.5) is 0 Å². The van der Waals surface area contributed by atoms with E-state index in [2.05, 4.69) is 46.6 Å². The van der Waals surface area contributed by atoms with E-state index < -0.39 is 0 Å². The minimum atomic E-state index is 0.838. The van der Waals surface area contributed by atoms with E-state index in [1.54, 1.807) is 11.3 Å². The van der Waals surface area contributed by atoms with Gasteiger partial charge >= 0.3 is 0 Å². The molecule has 0 radical (unpaired) electrons. The molecule has 0 fully saturated rings. The zero-order valence-electron chi connectivity index (χ0n) is 12.9. The van der Waals surface area contributed by atoms with E-state index in [1.807, 2.05) is 0 Å². The zero-order chi connectivity index (χ0) is 14.9. The van der Waals surface area contributed by atoms with Crippen LogP contribution >= 0.6 is 11.3 Å². The fraction of sp³-hybridized carbons (Fsp3) is 0.389. The first-order valence-corrected chi connectivity index (χ1v) is 8.89. The summed E-state index contributed by atoms with van der Waals surface area (Å²) in [5, 5.41) is 7.04. The highest BCUT2D eigenvalue weighted by molar-refractivity contribution is 7.17. The van der Waals surface area contributed by atoms with E-state index in [4.69, 9.17) is 4.98 Å². The van der Waals surface area contributed by atoms with Crippen molar-refractivity contribution < 1.29 is 0 Å². The summed E-state index contributed by atoms with van der Waals surface area (Å²) in [6.45, 7) is 1.73. The van der Waals surface area contributed by atoms with Crippen molar-refractivity contribution in [1.82, 2.24) is 14.9 Å². The number of hydrogen-bond acceptors (Lipinski definition) is 3. The van der Waals surface area contributed by atoms with Crippen molar-refractivity contribution >= 4 is 21.4 Å².